The molecule has 0 aliphatic rings. The van der Waals surface area contributed by atoms with Crippen LogP contribution >= 0.6 is 0 Å². The number of anilines is 1. The van der Waals surface area contributed by atoms with Crippen molar-refractivity contribution in [2.24, 2.45) is 5.92 Å². The summed E-state index contributed by atoms with van der Waals surface area (Å²) in [6, 6.07) is 7.62. The largest absolute Gasteiger partial charge is 0.399 e. The molecule has 0 aliphatic heterocycles. The van der Waals surface area contributed by atoms with Crippen LogP contribution in [0.15, 0.2) is 24.3 Å². The summed E-state index contributed by atoms with van der Waals surface area (Å²) < 4.78 is 0. The monoisotopic (exact) mass is 264 g/mol. The molecule has 0 bridgehead atoms. The number of nitrogen functional groups attached to an aromatic ring is 1. The number of hydrogen-bond acceptors (Lipinski definition) is 3. The maximum absolute atomic E-state index is 11.9. The smallest absolute Gasteiger partial charge is 0.220 e. The maximum Gasteiger partial charge on any atom is 0.220 e. The second-order valence-electron chi connectivity index (χ2n) is 5.13. The molecule has 19 heavy (non-hydrogen) atoms. The van der Waals surface area contributed by atoms with E-state index in [0.29, 0.717) is 25.2 Å². The molecule has 4 N–H and O–H groups in total. The van der Waals surface area contributed by atoms with Gasteiger partial charge in [-0.2, -0.15) is 0 Å². The highest BCUT2D eigenvalue weighted by Gasteiger charge is 2.15. The Balaban J connectivity index is 2.45. The topological polar surface area (TPSA) is 75.3 Å². The standard InChI is InChI=1S/C15H24N2O2/c1-11(2)14(9-10-18)17-15(19)8-7-12-5-3-4-6-13(12)16/h3-6,11,14,18H,7-10,16H2,1-2H3,(H,17,19). The van der Waals surface area contributed by atoms with Crippen LogP contribution in [-0.4, -0.2) is 23.7 Å². The molecule has 0 aliphatic carbocycles. The molecule has 0 saturated heterocycles. The molecule has 0 fully saturated rings. The van der Waals surface area contributed by atoms with Crippen molar-refractivity contribution in [3.8, 4) is 0 Å². The molecule has 1 aromatic rings. The number of aliphatic hydroxyl groups excluding tert-OH is 1. The highest BCUT2D eigenvalue weighted by Crippen LogP contribution is 2.13. The summed E-state index contributed by atoms with van der Waals surface area (Å²) in [7, 11) is 0. The zero-order valence-electron chi connectivity index (χ0n) is 11.7. The second-order valence-corrected chi connectivity index (χ2v) is 5.13. The number of rotatable bonds is 7. The number of para-hydroxylation sites is 1. The fourth-order valence-electron chi connectivity index (χ4n) is 2.00. The van der Waals surface area contributed by atoms with Crippen molar-refractivity contribution in [3.05, 3.63) is 29.8 Å². The van der Waals surface area contributed by atoms with Gasteiger partial charge in [-0.15, -0.1) is 0 Å². The van der Waals surface area contributed by atoms with Crippen LogP contribution in [0.4, 0.5) is 5.69 Å². The van der Waals surface area contributed by atoms with Gasteiger partial charge in [0.15, 0.2) is 0 Å². The zero-order chi connectivity index (χ0) is 14.3. The van der Waals surface area contributed by atoms with Crippen molar-refractivity contribution in [2.75, 3.05) is 12.3 Å². The molecular weight excluding hydrogens is 240 g/mol. The number of aliphatic hydroxyl groups is 1. The van der Waals surface area contributed by atoms with E-state index in [4.69, 9.17) is 10.8 Å². The first-order chi connectivity index (χ1) is 9.04. The van der Waals surface area contributed by atoms with Crippen LogP contribution in [0.25, 0.3) is 0 Å². The molecule has 106 valence electrons. The lowest BCUT2D eigenvalue weighted by atomic mass is 10.0. The molecule has 1 atom stereocenters. The summed E-state index contributed by atoms with van der Waals surface area (Å²) in [5.74, 6) is 0.327. The van der Waals surface area contributed by atoms with Gasteiger partial charge in [-0.1, -0.05) is 32.0 Å². The van der Waals surface area contributed by atoms with Crippen molar-refractivity contribution < 1.29 is 9.90 Å². The number of hydrogen-bond donors (Lipinski definition) is 3. The Morgan fingerprint density at radius 3 is 2.63 bits per heavy atom. The Bertz CT molecular complexity index is 405. The average molecular weight is 264 g/mol. The SMILES string of the molecule is CC(C)C(CCO)NC(=O)CCc1ccccc1N. The fraction of sp³-hybridized carbons (Fsp3) is 0.533. The first-order valence-electron chi connectivity index (χ1n) is 6.78. The molecule has 4 nitrogen and oxygen atoms in total. The third-order valence-corrected chi connectivity index (χ3v) is 3.27. The molecule has 4 heteroatoms. The van der Waals surface area contributed by atoms with Gasteiger partial charge < -0.3 is 16.2 Å². The Hall–Kier alpha value is -1.55. The van der Waals surface area contributed by atoms with Gasteiger partial charge in [0.25, 0.3) is 0 Å². The molecule has 1 aromatic carbocycles. The lowest BCUT2D eigenvalue weighted by molar-refractivity contribution is -0.122. The van der Waals surface area contributed by atoms with Gasteiger partial charge in [0, 0.05) is 24.8 Å². The second kappa shape index (κ2) is 7.79. The van der Waals surface area contributed by atoms with Crippen molar-refractivity contribution in [3.63, 3.8) is 0 Å². The number of nitrogens with two attached hydrogens (primary N) is 1. The van der Waals surface area contributed by atoms with Crippen LogP contribution in [0, 0.1) is 5.92 Å². The Kier molecular flexibility index (Phi) is 6.36. The van der Waals surface area contributed by atoms with Crippen molar-refractivity contribution in [1.82, 2.24) is 5.32 Å². The highest BCUT2D eigenvalue weighted by molar-refractivity contribution is 5.76. The molecule has 1 amide bonds. The van der Waals surface area contributed by atoms with E-state index in [9.17, 15) is 4.79 Å². The van der Waals surface area contributed by atoms with E-state index in [0.717, 1.165) is 11.3 Å². The molecule has 0 spiro atoms. The average Bonchev–Trinajstić information content (AvgIpc) is 2.37. The van der Waals surface area contributed by atoms with E-state index in [1.165, 1.54) is 0 Å². The van der Waals surface area contributed by atoms with Gasteiger partial charge in [-0.05, 0) is 30.4 Å². The maximum atomic E-state index is 11.9. The number of amides is 1. The Morgan fingerprint density at radius 2 is 2.05 bits per heavy atom. The number of nitrogens with one attached hydrogen (secondary N) is 1. The quantitative estimate of drug-likeness (QED) is 0.656. The van der Waals surface area contributed by atoms with E-state index >= 15 is 0 Å². The molecule has 1 unspecified atom stereocenters. The lowest BCUT2D eigenvalue weighted by Crippen LogP contribution is -2.39. The van der Waals surface area contributed by atoms with Crippen LogP contribution in [0.1, 0.15) is 32.3 Å². The van der Waals surface area contributed by atoms with E-state index in [-0.39, 0.29) is 18.6 Å². The first-order valence-corrected chi connectivity index (χ1v) is 6.78. The van der Waals surface area contributed by atoms with Gasteiger partial charge >= 0.3 is 0 Å². The fourth-order valence-corrected chi connectivity index (χ4v) is 2.00. The molecular formula is C15H24N2O2. The molecule has 0 radical (unpaired) electrons. The summed E-state index contributed by atoms with van der Waals surface area (Å²) >= 11 is 0. The number of carbonyl (C=O) groups excluding carboxylic acids is 1. The normalized spacial score (nSPS) is 12.4. The van der Waals surface area contributed by atoms with Crippen LogP contribution in [0.3, 0.4) is 0 Å². The number of aryl methyl sites for hydroxylation is 1. The van der Waals surface area contributed by atoms with Crippen molar-refractivity contribution >= 4 is 11.6 Å². The first kappa shape index (κ1) is 15.5. The highest BCUT2D eigenvalue weighted by atomic mass is 16.3. The summed E-state index contributed by atoms with van der Waals surface area (Å²) in [6.45, 7) is 4.17. The van der Waals surface area contributed by atoms with Crippen molar-refractivity contribution in [2.45, 2.75) is 39.2 Å². The van der Waals surface area contributed by atoms with Gasteiger partial charge in [-0.3, -0.25) is 4.79 Å². The van der Waals surface area contributed by atoms with Gasteiger partial charge in [0.1, 0.15) is 0 Å². The van der Waals surface area contributed by atoms with Crippen LogP contribution < -0.4 is 11.1 Å². The van der Waals surface area contributed by atoms with Crippen LogP contribution in [0.2, 0.25) is 0 Å². The van der Waals surface area contributed by atoms with Crippen molar-refractivity contribution in [1.29, 1.82) is 0 Å². The lowest BCUT2D eigenvalue weighted by Gasteiger charge is -2.21. The summed E-state index contributed by atoms with van der Waals surface area (Å²) in [5, 5.41) is 11.9. The van der Waals surface area contributed by atoms with Gasteiger partial charge in [0.2, 0.25) is 5.91 Å². The number of benzene rings is 1. The van der Waals surface area contributed by atoms with E-state index < -0.39 is 0 Å². The minimum absolute atomic E-state index is 0.00963. The van der Waals surface area contributed by atoms with E-state index in [1.807, 2.05) is 38.1 Å². The molecule has 1 rings (SSSR count). The van der Waals surface area contributed by atoms with Gasteiger partial charge in [0.05, 0.1) is 0 Å². The molecule has 0 heterocycles. The Labute approximate surface area is 115 Å². The van der Waals surface area contributed by atoms with Crippen LogP contribution in [-0.2, 0) is 11.2 Å². The third-order valence-electron chi connectivity index (χ3n) is 3.27. The van der Waals surface area contributed by atoms with Gasteiger partial charge in [-0.25, -0.2) is 0 Å². The van der Waals surface area contributed by atoms with E-state index in [1.54, 1.807) is 0 Å². The minimum atomic E-state index is 0.00963. The summed E-state index contributed by atoms with van der Waals surface area (Å²) in [5.41, 5.74) is 7.57. The predicted octanol–water partition coefficient (Wildman–Crippen LogP) is 1.72. The third kappa shape index (κ3) is 5.30. The Morgan fingerprint density at radius 1 is 1.37 bits per heavy atom. The summed E-state index contributed by atoms with van der Waals surface area (Å²) in [4.78, 5) is 11.9. The van der Waals surface area contributed by atoms with E-state index in [2.05, 4.69) is 5.32 Å². The minimum Gasteiger partial charge on any atom is -0.399 e. The summed E-state index contributed by atoms with van der Waals surface area (Å²) in [6.07, 6.45) is 1.65. The zero-order valence-corrected chi connectivity index (χ0v) is 11.7. The molecule has 0 aromatic heterocycles. The van der Waals surface area contributed by atoms with Crippen LogP contribution in [0.5, 0.6) is 0 Å². The molecule has 0 saturated carbocycles. The number of carbonyl (C=O) groups is 1. The predicted molar refractivity (Wildman–Crippen MR) is 77.6 cm³/mol.